The minimum absolute atomic E-state index is 0.0358. The van der Waals surface area contributed by atoms with Crippen molar-refractivity contribution in [2.75, 3.05) is 11.8 Å². The summed E-state index contributed by atoms with van der Waals surface area (Å²) in [6.45, 7) is 1.96. The van der Waals surface area contributed by atoms with Gasteiger partial charge < -0.3 is 4.74 Å². The Morgan fingerprint density at radius 1 is 1.23 bits per heavy atom. The molecular weight excluding hydrogens is 300 g/mol. The van der Waals surface area contributed by atoms with Crippen LogP contribution in [0.5, 0.6) is 5.75 Å². The van der Waals surface area contributed by atoms with Gasteiger partial charge in [0.15, 0.2) is 0 Å². The topological polar surface area (TPSA) is 79.2 Å². The zero-order valence-electron chi connectivity index (χ0n) is 12.3. The van der Waals surface area contributed by atoms with E-state index in [1.807, 2.05) is 13.0 Å². The van der Waals surface area contributed by atoms with E-state index in [0.29, 0.717) is 17.9 Å². The van der Waals surface area contributed by atoms with Gasteiger partial charge in [-0.1, -0.05) is 19.1 Å². The number of anilines is 1. The van der Waals surface area contributed by atoms with Gasteiger partial charge in [0.05, 0.1) is 12.7 Å². The van der Waals surface area contributed by atoms with Crippen LogP contribution in [0.25, 0.3) is 0 Å². The fraction of sp³-hybridized carbons (Fsp3) is 0.188. The van der Waals surface area contributed by atoms with E-state index in [1.165, 1.54) is 12.1 Å². The molecule has 0 bridgehead atoms. The van der Waals surface area contributed by atoms with Crippen LogP contribution in [-0.4, -0.2) is 15.5 Å². The summed E-state index contributed by atoms with van der Waals surface area (Å²) >= 11 is 0. The third-order valence-corrected chi connectivity index (χ3v) is 4.65. The Morgan fingerprint density at radius 3 is 2.59 bits per heavy atom. The molecule has 2 rings (SSSR count). The Labute approximate surface area is 130 Å². The maximum atomic E-state index is 12.4. The first kappa shape index (κ1) is 15.9. The summed E-state index contributed by atoms with van der Waals surface area (Å²) in [6.07, 6.45) is 0.716. The van der Waals surface area contributed by atoms with E-state index in [0.717, 1.165) is 5.56 Å². The van der Waals surface area contributed by atoms with Crippen molar-refractivity contribution in [2.45, 2.75) is 18.2 Å². The highest BCUT2D eigenvalue weighted by molar-refractivity contribution is 7.92. The van der Waals surface area contributed by atoms with Gasteiger partial charge >= 0.3 is 0 Å². The summed E-state index contributed by atoms with van der Waals surface area (Å²) in [4.78, 5) is -0.0358. The SMILES string of the molecule is CCc1cc(NS(=O)(=O)c2ccccc2C#N)ccc1OC. The van der Waals surface area contributed by atoms with Crippen molar-refractivity contribution >= 4 is 15.7 Å². The molecule has 22 heavy (non-hydrogen) atoms. The van der Waals surface area contributed by atoms with Crippen LogP contribution in [0.15, 0.2) is 47.4 Å². The molecule has 114 valence electrons. The van der Waals surface area contributed by atoms with E-state index < -0.39 is 10.0 Å². The van der Waals surface area contributed by atoms with Gasteiger partial charge in [0.25, 0.3) is 10.0 Å². The summed E-state index contributed by atoms with van der Waals surface area (Å²) in [5.74, 6) is 0.711. The highest BCUT2D eigenvalue weighted by Crippen LogP contribution is 2.25. The monoisotopic (exact) mass is 316 g/mol. The molecule has 0 spiro atoms. The number of rotatable bonds is 5. The third kappa shape index (κ3) is 3.21. The average Bonchev–Trinajstić information content (AvgIpc) is 2.54. The molecule has 2 aromatic carbocycles. The van der Waals surface area contributed by atoms with Crippen molar-refractivity contribution in [3.05, 3.63) is 53.6 Å². The summed E-state index contributed by atoms with van der Waals surface area (Å²) < 4.78 is 32.6. The number of hydrogen-bond acceptors (Lipinski definition) is 4. The number of sulfonamides is 1. The lowest BCUT2D eigenvalue weighted by Gasteiger charge is -2.12. The largest absolute Gasteiger partial charge is 0.496 e. The Morgan fingerprint density at radius 2 is 1.95 bits per heavy atom. The number of ether oxygens (including phenoxy) is 1. The Hall–Kier alpha value is -2.52. The van der Waals surface area contributed by atoms with Gasteiger partial charge in [-0.3, -0.25) is 4.72 Å². The zero-order valence-corrected chi connectivity index (χ0v) is 13.1. The summed E-state index contributed by atoms with van der Waals surface area (Å²) in [5, 5.41) is 9.04. The van der Waals surface area contributed by atoms with Gasteiger partial charge in [0.2, 0.25) is 0 Å². The minimum atomic E-state index is -3.81. The van der Waals surface area contributed by atoms with Crippen LogP contribution in [0.1, 0.15) is 18.1 Å². The van der Waals surface area contributed by atoms with E-state index in [-0.39, 0.29) is 10.5 Å². The van der Waals surface area contributed by atoms with Crippen LogP contribution >= 0.6 is 0 Å². The predicted molar refractivity (Wildman–Crippen MR) is 84.3 cm³/mol. The molecule has 0 heterocycles. The van der Waals surface area contributed by atoms with E-state index in [4.69, 9.17) is 10.00 Å². The van der Waals surface area contributed by atoms with Gasteiger partial charge in [0.1, 0.15) is 16.7 Å². The molecule has 0 saturated heterocycles. The smallest absolute Gasteiger partial charge is 0.263 e. The summed E-state index contributed by atoms with van der Waals surface area (Å²) in [7, 11) is -2.24. The maximum Gasteiger partial charge on any atom is 0.263 e. The van der Waals surface area contributed by atoms with Crippen LogP contribution in [0.3, 0.4) is 0 Å². The van der Waals surface area contributed by atoms with E-state index in [2.05, 4.69) is 4.72 Å². The van der Waals surface area contributed by atoms with Crippen LogP contribution < -0.4 is 9.46 Å². The lowest BCUT2D eigenvalue weighted by atomic mass is 10.1. The van der Waals surface area contributed by atoms with Gasteiger partial charge in [-0.2, -0.15) is 5.26 Å². The molecule has 0 saturated carbocycles. The minimum Gasteiger partial charge on any atom is -0.496 e. The second kappa shape index (κ2) is 6.50. The maximum absolute atomic E-state index is 12.4. The van der Waals surface area contributed by atoms with Gasteiger partial charge in [0, 0.05) is 5.69 Å². The van der Waals surface area contributed by atoms with Crippen molar-refractivity contribution in [1.82, 2.24) is 0 Å². The molecule has 0 radical (unpaired) electrons. The van der Waals surface area contributed by atoms with Crippen LogP contribution in [0.4, 0.5) is 5.69 Å². The fourth-order valence-corrected chi connectivity index (χ4v) is 3.33. The third-order valence-electron chi connectivity index (χ3n) is 3.21. The van der Waals surface area contributed by atoms with Gasteiger partial charge in [-0.15, -0.1) is 0 Å². The van der Waals surface area contributed by atoms with E-state index >= 15 is 0 Å². The molecule has 0 aliphatic carbocycles. The Balaban J connectivity index is 2.39. The number of nitrogens with zero attached hydrogens (tertiary/aromatic N) is 1. The molecule has 0 unspecified atom stereocenters. The van der Waals surface area contributed by atoms with Crippen LogP contribution in [0.2, 0.25) is 0 Å². The number of aryl methyl sites for hydroxylation is 1. The molecule has 0 fully saturated rings. The number of nitriles is 1. The lowest BCUT2D eigenvalue weighted by molar-refractivity contribution is 0.410. The average molecular weight is 316 g/mol. The second-order valence-electron chi connectivity index (χ2n) is 4.59. The zero-order chi connectivity index (χ0) is 16.2. The first-order valence-electron chi connectivity index (χ1n) is 6.70. The Bertz CT molecular complexity index is 824. The molecular formula is C16H16N2O3S. The molecule has 0 amide bonds. The summed E-state index contributed by atoms with van der Waals surface area (Å²) in [5.41, 5.74) is 1.45. The molecule has 6 heteroatoms. The molecule has 5 nitrogen and oxygen atoms in total. The van der Waals surface area contributed by atoms with Crippen molar-refractivity contribution in [3.8, 4) is 11.8 Å². The number of methoxy groups -OCH3 is 1. The number of benzene rings is 2. The van der Waals surface area contributed by atoms with E-state index in [1.54, 1.807) is 37.4 Å². The van der Waals surface area contributed by atoms with Gasteiger partial charge in [-0.25, -0.2) is 8.42 Å². The summed E-state index contributed by atoms with van der Waals surface area (Å²) in [6, 6.07) is 13.1. The second-order valence-corrected chi connectivity index (χ2v) is 6.24. The van der Waals surface area contributed by atoms with E-state index in [9.17, 15) is 8.42 Å². The predicted octanol–water partition coefficient (Wildman–Crippen LogP) is 2.93. The molecule has 0 aliphatic heterocycles. The number of hydrogen-bond donors (Lipinski definition) is 1. The quantitative estimate of drug-likeness (QED) is 0.920. The van der Waals surface area contributed by atoms with Crippen molar-refractivity contribution in [3.63, 3.8) is 0 Å². The van der Waals surface area contributed by atoms with Crippen molar-refractivity contribution in [2.24, 2.45) is 0 Å². The Kier molecular flexibility index (Phi) is 4.68. The fourth-order valence-electron chi connectivity index (χ4n) is 2.12. The van der Waals surface area contributed by atoms with Crippen molar-refractivity contribution in [1.29, 1.82) is 5.26 Å². The molecule has 0 aromatic heterocycles. The molecule has 1 N–H and O–H groups in total. The first-order valence-corrected chi connectivity index (χ1v) is 8.19. The molecule has 0 aliphatic rings. The first-order chi connectivity index (χ1) is 10.5. The normalized spacial score (nSPS) is 10.8. The highest BCUT2D eigenvalue weighted by atomic mass is 32.2. The van der Waals surface area contributed by atoms with Gasteiger partial charge in [-0.05, 0) is 42.3 Å². The van der Waals surface area contributed by atoms with Crippen LogP contribution in [-0.2, 0) is 16.4 Å². The van der Waals surface area contributed by atoms with Crippen molar-refractivity contribution < 1.29 is 13.2 Å². The highest BCUT2D eigenvalue weighted by Gasteiger charge is 2.18. The molecule has 0 atom stereocenters. The lowest BCUT2D eigenvalue weighted by Crippen LogP contribution is -2.14. The number of nitrogens with one attached hydrogen (secondary N) is 1. The standard InChI is InChI=1S/C16H16N2O3S/c1-3-12-10-14(8-9-15(12)21-2)18-22(19,20)16-7-5-4-6-13(16)11-17/h4-10,18H,3H2,1-2H3. The van der Waals surface area contributed by atoms with Crippen LogP contribution in [0, 0.1) is 11.3 Å². The molecule has 2 aromatic rings.